The highest BCUT2D eigenvalue weighted by Crippen LogP contribution is 2.24. The SMILES string of the molecule is CCCN(CC)c1cc(C)nc(C)c1C(=O)O. The molecule has 0 bridgehead atoms. The van der Waals surface area contributed by atoms with Crippen molar-refractivity contribution in [3.63, 3.8) is 0 Å². The molecule has 0 spiro atoms. The molecular weight excluding hydrogens is 216 g/mol. The Kier molecular flexibility index (Phi) is 4.49. The molecule has 0 unspecified atom stereocenters. The average molecular weight is 236 g/mol. The molecule has 0 amide bonds. The molecule has 0 aromatic carbocycles. The smallest absolute Gasteiger partial charge is 0.339 e. The van der Waals surface area contributed by atoms with Gasteiger partial charge in [-0.3, -0.25) is 4.98 Å². The van der Waals surface area contributed by atoms with Crippen LogP contribution in [0.4, 0.5) is 5.69 Å². The summed E-state index contributed by atoms with van der Waals surface area (Å²) in [5, 5.41) is 9.28. The molecule has 17 heavy (non-hydrogen) atoms. The molecule has 0 aliphatic heterocycles. The van der Waals surface area contributed by atoms with Crippen molar-refractivity contribution in [2.45, 2.75) is 34.1 Å². The highest BCUT2D eigenvalue weighted by Gasteiger charge is 2.18. The van der Waals surface area contributed by atoms with Gasteiger partial charge in [0.15, 0.2) is 0 Å². The van der Waals surface area contributed by atoms with Gasteiger partial charge in [-0.1, -0.05) is 6.92 Å². The highest BCUT2D eigenvalue weighted by atomic mass is 16.4. The van der Waals surface area contributed by atoms with Crippen LogP contribution in [0.15, 0.2) is 6.07 Å². The van der Waals surface area contributed by atoms with Crippen molar-refractivity contribution in [1.29, 1.82) is 0 Å². The number of anilines is 1. The Morgan fingerprint density at radius 2 is 2.06 bits per heavy atom. The number of carboxylic acid groups (broad SMARTS) is 1. The van der Waals surface area contributed by atoms with Crippen molar-refractivity contribution in [3.8, 4) is 0 Å². The Bertz CT molecular complexity index is 416. The van der Waals surface area contributed by atoms with Crippen LogP contribution < -0.4 is 4.90 Å². The predicted octanol–water partition coefficient (Wildman–Crippen LogP) is 2.63. The van der Waals surface area contributed by atoms with Crippen molar-refractivity contribution >= 4 is 11.7 Å². The van der Waals surface area contributed by atoms with Gasteiger partial charge in [-0.2, -0.15) is 0 Å². The van der Waals surface area contributed by atoms with E-state index >= 15 is 0 Å². The molecule has 0 fully saturated rings. The molecule has 94 valence electrons. The van der Waals surface area contributed by atoms with E-state index in [-0.39, 0.29) is 0 Å². The zero-order chi connectivity index (χ0) is 13.0. The summed E-state index contributed by atoms with van der Waals surface area (Å²) in [6.07, 6.45) is 0.993. The van der Waals surface area contributed by atoms with Crippen molar-refractivity contribution in [2.24, 2.45) is 0 Å². The predicted molar refractivity (Wildman–Crippen MR) is 68.8 cm³/mol. The molecular formula is C13H20N2O2. The number of hydrogen-bond donors (Lipinski definition) is 1. The van der Waals surface area contributed by atoms with E-state index in [1.165, 1.54) is 0 Å². The first-order valence-electron chi connectivity index (χ1n) is 5.97. The maximum atomic E-state index is 11.3. The molecule has 1 rings (SSSR count). The molecule has 4 nitrogen and oxygen atoms in total. The zero-order valence-electron chi connectivity index (χ0n) is 10.9. The third kappa shape index (κ3) is 2.96. The molecule has 1 N–H and O–H groups in total. The van der Waals surface area contributed by atoms with E-state index in [4.69, 9.17) is 0 Å². The summed E-state index contributed by atoms with van der Waals surface area (Å²) >= 11 is 0. The van der Waals surface area contributed by atoms with E-state index in [0.29, 0.717) is 11.3 Å². The van der Waals surface area contributed by atoms with E-state index in [1.54, 1.807) is 6.92 Å². The lowest BCUT2D eigenvalue weighted by atomic mass is 10.1. The molecule has 0 aliphatic carbocycles. The molecule has 0 saturated heterocycles. The quantitative estimate of drug-likeness (QED) is 0.853. The normalized spacial score (nSPS) is 10.4. The van der Waals surface area contributed by atoms with Gasteiger partial charge in [0, 0.05) is 18.8 Å². The largest absolute Gasteiger partial charge is 0.478 e. The first-order valence-corrected chi connectivity index (χ1v) is 5.97. The van der Waals surface area contributed by atoms with Crippen molar-refractivity contribution in [1.82, 2.24) is 4.98 Å². The lowest BCUT2D eigenvalue weighted by Gasteiger charge is -2.25. The van der Waals surface area contributed by atoms with E-state index in [0.717, 1.165) is 30.9 Å². The van der Waals surface area contributed by atoms with E-state index in [1.807, 2.05) is 19.9 Å². The van der Waals surface area contributed by atoms with Gasteiger partial charge in [0.05, 0.1) is 11.4 Å². The maximum Gasteiger partial charge on any atom is 0.339 e. The van der Waals surface area contributed by atoms with Gasteiger partial charge in [0.2, 0.25) is 0 Å². The molecule has 0 aliphatic rings. The molecule has 1 aromatic rings. The van der Waals surface area contributed by atoms with Crippen LogP contribution >= 0.6 is 0 Å². The zero-order valence-corrected chi connectivity index (χ0v) is 10.9. The van der Waals surface area contributed by atoms with Crippen LogP contribution in [-0.4, -0.2) is 29.1 Å². The number of rotatable bonds is 5. The van der Waals surface area contributed by atoms with Crippen molar-refractivity contribution in [3.05, 3.63) is 23.0 Å². The van der Waals surface area contributed by atoms with Gasteiger partial charge >= 0.3 is 5.97 Å². The second kappa shape index (κ2) is 5.66. The summed E-state index contributed by atoms with van der Waals surface area (Å²) in [4.78, 5) is 17.6. The molecule has 0 radical (unpaired) electrons. The molecule has 0 atom stereocenters. The van der Waals surface area contributed by atoms with Crippen LogP contribution in [0, 0.1) is 13.8 Å². The third-order valence-corrected chi connectivity index (χ3v) is 2.74. The summed E-state index contributed by atoms with van der Waals surface area (Å²) in [7, 11) is 0. The van der Waals surface area contributed by atoms with Crippen molar-refractivity contribution < 1.29 is 9.90 Å². The van der Waals surface area contributed by atoms with Gasteiger partial charge in [-0.05, 0) is 33.3 Å². The number of hydrogen-bond acceptors (Lipinski definition) is 3. The fraction of sp³-hybridized carbons (Fsp3) is 0.538. The number of aryl methyl sites for hydroxylation is 2. The Labute approximate surface area is 102 Å². The highest BCUT2D eigenvalue weighted by molar-refractivity contribution is 5.95. The Balaban J connectivity index is 3.32. The van der Waals surface area contributed by atoms with Gasteiger partial charge < -0.3 is 10.0 Å². The number of carboxylic acids is 1. The summed E-state index contributed by atoms with van der Waals surface area (Å²) in [6.45, 7) is 9.43. The molecule has 4 heteroatoms. The fourth-order valence-corrected chi connectivity index (χ4v) is 2.04. The van der Waals surface area contributed by atoms with E-state index < -0.39 is 5.97 Å². The van der Waals surface area contributed by atoms with E-state index in [9.17, 15) is 9.90 Å². The van der Waals surface area contributed by atoms with Crippen LogP contribution in [0.1, 0.15) is 42.0 Å². The first-order chi connectivity index (χ1) is 8.01. The maximum absolute atomic E-state index is 11.3. The summed E-state index contributed by atoms with van der Waals surface area (Å²) in [5.74, 6) is -0.903. The monoisotopic (exact) mass is 236 g/mol. The summed E-state index contributed by atoms with van der Waals surface area (Å²) in [6, 6.07) is 1.86. The van der Waals surface area contributed by atoms with Crippen molar-refractivity contribution in [2.75, 3.05) is 18.0 Å². The van der Waals surface area contributed by atoms with Gasteiger partial charge in [-0.25, -0.2) is 4.79 Å². The number of pyridine rings is 1. The minimum Gasteiger partial charge on any atom is -0.478 e. The van der Waals surface area contributed by atoms with Crippen LogP contribution in [0.2, 0.25) is 0 Å². The average Bonchev–Trinajstić information content (AvgIpc) is 2.23. The number of carbonyl (C=O) groups is 1. The second-order valence-electron chi connectivity index (χ2n) is 4.13. The number of aromatic nitrogens is 1. The first kappa shape index (κ1) is 13.5. The Hall–Kier alpha value is -1.58. The third-order valence-electron chi connectivity index (χ3n) is 2.74. The molecule has 1 heterocycles. The topological polar surface area (TPSA) is 53.4 Å². The Morgan fingerprint density at radius 1 is 1.41 bits per heavy atom. The molecule has 1 aromatic heterocycles. The van der Waals surface area contributed by atoms with Crippen LogP contribution in [0.5, 0.6) is 0 Å². The lowest BCUT2D eigenvalue weighted by Crippen LogP contribution is -2.26. The van der Waals surface area contributed by atoms with Crippen LogP contribution in [0.3, 0.4) is 0 Å². The van der Waals surface area contributed by atoms with Gasteiger partial charge in [0.25, 0.3) is 0 Å². The number of aromatic carboxylic acids is 1. The standard InChI is InChI=1S/C13H20N2O2/c1-5-7-15(6-2)11-8-9(3)14-10(4)12(11)13(16)17/h8H,5-7H2,1-4H3,(H,16,17). The summed E-state index contributed by atoms with van der Waals surface area (Å²) < 4.78 is 0. The number of nitrogens with zero attached hydrogens (tertiary/aromatic N) is 2. The fourth-order valence-electron chi connectivity index (χ4n) is 2.04. The lowest BCUT2D eigenvalue weighted by molar-refractivity contribution is 0.0696. The van der Waals surface area contributed by atoms with Crippen LogP contribution in [-0.2, 0) is 0 Å². The van der Waals surface area contributed by atoms with Gasteiger partial charge in [-0.15, -0.1) is 0 Å². The van der Waals surface area contributed by atoms with Crippen LogP contribution in [0.25, 0.3) is 0 Å². The Morgan fingerprint density at radius 3 is 2.53 bits per heavy atom. The minimum atomic E-state index is -0.903. The van der Waals surface area contributed by atoms with Gasteiger partial charge in [0.1, 0.15) is 5.56 Å². The summed E-state index contributed by atoms with van der Waals surface area (Å²) in [5.41, 5.74) is 2.55. The molecule has 0 saturated carbocycles. The minimum absolute atomic E-state index is 0.325. The second-order valence-corrected chi connectivity index (χ2v) is 4.13. The van der Waals surface area contributed by atoms with E-state index in [2.05, 4.69) is 16.8 Å².